The van der Waals surface area contributed by atoms with Crippen molar-refractivity contribution in [1.82, 2.24) is 10.6 Å². The summed E-state index contributed by atoms with van der Waals surface area (Å²) < 4.78 is 10.7. The summed E-state index contributed by atoms with van der Waals surface area (Å²) in [6, 6.07) is 10.7. The number of rotatable bonds is 8. The van der Waals surface area contributed by atoms with E-state index in [-0.39, 0.29) is 36.6 Å². The van der Waals surface area contributed by atoms with E-state index in [1.165, 1.54) is 24.7 Å². The SMILES string of the molecule is CNC(=O)c1cc(C(O)CNC(C)CCc2ccc3c(c2)OCO3)ccc1O.Cl. The van der Waals surface area contributed by atoms with E-state index in [0.717, 1.165) is 24.3 Å². The summed E-state index contributed by atoms with van der Waals surface area (Å²) in [5.41, 5.74) is 1.90. The number of carbonyl (C=O) groups is 1. The van der Waals surface area contributed by atoms with Gasteiger partial charge in [0.2, 0.25) is 6.79 Å². The number of aromatic hydroxyl groups is 1. The first-order valence-electron chi connectivity index (χ1n) is 9.33. The lowest BCUT2D eigenvalue weighted by atomic mass is 10.0. The van der Waals surface area contributed by atoms with Gasteiger partial charge in [-0.25, -0.2) is 0 Å². The van der Waals surface area contributed by atoms with E-state index >= 15 is 0 Å². The molecule has 8 heteroatoms. The Kier molecular flexibility index (Phi) is 8.13. The van der Waals surface area contributed by atoms with Crippen LogP contribution < -0.4 is 20.1 Å². The second-order valence-electron chi connectivity index (χ2n) is 6.91. The van der Waals surface area contributed by atoms with Crippen LogP contribution in [0.4, 0.5) is 0 Å². The molecule has 7 nitrogen and oxygen atoms in total. The van der Waals surface area contributed by atoms with Gasteiger partial charge in [0.1, 0.15) is 5.75 Å². The summed E-state index contributed by atoms with van der Waals surface area (Å²) in [5.74, 6) is 1.06. The van der Waals surface area contributed by atoms with Crippen molar-refractivity contribution in [3.8, 4) is 17.2 Å². The average Bonchev–Trinajstić information content (AvgIpc) is 3.18. The highest BCUT2D eigenvalue weighted by Gasteiger charge is 2.16. The molecule has 0 spiro atoms. The maximum Gasteiger partial charge on any atom is 0.254 e. The van der Waals surface area contributed by atoms with Crippen molar-refractivity contribution in [1.29, 1.82) is 0 Å². The largest absolute Gasteiger partial charge is 0.507 e. The number of ether oxygens (including phenoxy) is 2. The maximum absolute atomic E-state index is 11.8. The summed E-state index contributed by atoms with van der Waals surface area (Å²) in [5, 5.41) is 26.0. The van der Waals surface area contributed by atoms with Crippen LogP contribution in [0.5, 0.6) is 17.2 Å². The molecular formula is C21H27ClN2O5. The Morgan fingerprint density at radius 3 is 2.69 bits per heavy atom. The summed E-state index contributed by atoms with van der Waals surface area (Å²) >= 11 is 0. The molecule has 0 bridgehead atoms. The fourth-order valence-electron chi connectivity index (χ4n) is 3.09. The van der Waals surface area contributed by atoms with E-state index in [1.807, 2.05) is 18.2 Å². The van der Waals surface area contributed by atoms with Gasteiger partial charge in [-0.15, -0.1) is 12.4 Å². The molecule has 158 valence electrons. The van der Waals surface area contributed by atoms with Crippen molar-refractivity contribution < 1.29 is 24.5 Å². The minimum absolute atomic E-state index is 0. The lowest BCUT2D eigenvalue weighted by Gasteiger charge is -2.18. The van der Waals surface area contributed by atoms with E-state index in [9.17, 15) is 15.0 Å². The lowest BCUT2D eigenvalue weighted by Crippen LogP contribution is -2.31. The van der Waals surface area contributed by atoms with Gasteiger partial charge >= 0.3 is 0 Å². The topological polar surface area (TPSA) is 100 Å². The van der Waals surface area contributed by atoms with Gasteiger partial charge in [-0.3, -0.25) is 4.79 Å². The minimum Gasteiger partial charge on any atom is -0.507 e. The van der Waals surface area contributed by atoms with Crippen LogP contribution in [-0.4, -0.2) is 42.5 Å². The molecule has 3 rings (SSSR count). The number of aryl methyl sites for hydroxylation is 1. The summed E-state index contributed by atoms with van der Waals surface area (Å²) in [6.07, 6.45) is 0.990. The molecule has 0 aliphatic carbocycles. The van der Waals surface area contributed by atoms with E-state index in [4.69, 9.17) is 9.47 Å². The molecule has 4 N–H and O–H groups in total. The van der Waals surface area contributed by atoms with Crippen molar-refractivity contribution in [3.63, 3.8) is 0 Å². The third-order valence-corrected chi connectivity index (χ3v) is 4.84. The molecule has 1 heterocycles. The fourth-order valence-corrected chi connectivity index (χ4v) is 3.09. The number of halogens is 1. The molecule has 0 aromatic heterocycles. The highest BCUT2D eigenvalue weighted by molar-refractivity contribution is 5.96. The number of benzene rings is 2. The summed E-state index contributed by atoms with van der Waals surface area (Å²) in [4.78, 5) is 11.8. The number of hydrogen-bond donors (Lipinski definition) is 4. The highest BCUT2D eigenvalue weighted by Crippen LogP contribution is 2.32. The Morgan fingerprint density at radius 1 is 1.17 bits per heavy atom. The minimum atomic E-state index is -0.781. The highest BCUT2D eigenvalue weighted by atomic mass is 35.5. The molecule has 0 fully saturated rings. The normalized spacial score (nSPS) is 14.0. The van der Waals surface area contributed by atoms with Gasteiger partial charge in [0.05, 0.1) is 11.7 Å². The van der Waals surface area contributed by atoms with Crippen LogP contribution in [0.1, 0.15) is 40.9 Å². The molecule has 2 atom stereocenters. The lowest BCUT2D eigenvalue weighted by molar-refractivity contribution is 0.0960. The zero-order chi connectivity index (χ0) is 20.1. The van der Waals surface area contributed by atoms with Crippen LogP contribution in [0.3, 0.4) is 0 Å². The van der Waals surface area contributed by atoms with E-state index < -0.39 is 12.0 Å². The molecule has 1 amide bonds. The zero-order valence-electron chi connectivity index (χ0n) is 16.5. The van der Waals surface area contributed by atoms with Crippen LogP contribution in [0.15, 0.2) is 36.4 Å². The number of carbonyl (C=O) groups excluding carboxylic acids is 1. The smallest absolute Gasteiger partial charge is 0.254 e. The van der Waals surface area contributed by atoms with E-state index in [0.29, 0.717) is 12.1 Å². The number of nitrogens with one attached hydrogen (secondary N) is 2. The quantitative estimate of drug-likeness (QED) is 0.521. The zero-order valence-corrected chi connectivity index (χ0v) is 17.3. The molecule has 2 aromatic carbocycles. The van der Waals surface area contributed by atoms with Crippen LogP contribution in [0.2, 0.25) is 0 Å². The molecule has 0 saturated carbocycles. The van der Waals surface area contributed by atoms with Gasteiger partial charge in [0.15, 0.2) is 11.5 Å². The Labute approximate surface area is 176 Å². The summed E-state index contributed by atoms with van der Waals surface area (Å²) in [6.45, 7) is 2.68. The van der Waals surface area contributed by atoms with Crippen LogP contribution in [-0.2, 0) is 6.42 Å². The molecule has 1 aliphatic heterocycles. The predicted octanol–water partition coefficient (Wildman–Crippen LogP) is 2.55. The monoisotopic (exact) mass is 422 g/mol. The van der Waals surface area contributed by atoms with Crippen LogP contribution >= 0.6 is 12.4 Å². The number of amides is 1. The second kappa shape index (κ2) is 10.3. The van der Waals surface area contributed by atoms with Gasteiger partial charge < -0.3 is 30.3 Å². The van der Waals surface area contributed by atoms with Crippen molar-refractivity contribution in [2.45, 2.75) is 31.9 Å². The Morgan fingerprint density at radius 2 is 1.93 bits per heavy atom. The first-order valence-corrected chi connectivity index (χ1v) is 9.33. The van der Waals surface area contributed by atoms with E-state index in [1.54, 1.807) is 6.07 Å². The van der Waals surface area contributed by atoms with Gasteiger partial charge in [-0.2, -0.15) is 0 Å². The van der Waals surface area contributed by atoms with E-state index in [2.05, 4.69) is 17.6 Å². The average molecular weight is 423 g/mol. The number of phenolic OH excluding ortho intramolecular Hbond substituents is 1. The Hall–Kier alpha value is -2.48. The molecule has 1 aliphatic rings. The number of aliphatic hydroxyl groups is 1. The third kappa shape index (κ3) is 5.76. The van der Waals surface area contributed by atoms with Crippen molar-refractivity contribution in [2.75, 3.05) is 20.4 Å². The van der Waals surface area contributed by atoms with Crippen LogP contribution in [0.25, 0.3) is 0 Å². The predicted molar refractivity (Wildman–Crippen MR) is 112 cm³/mol. The fraction of sp³-hybridized carbons (Fsp3) is 0.381. The molecule has 2 unspecified atom stereocenters. The van der Waals surface area contributed by atoms with Gasteiger partial charge in [0.25, 0.3) is 5.91 Å². The standard InChI is InChI=1S/C21H26N2O5.ClH/c1-13(3-4-14-5-8-19-20(9-14)28-12-27-19)23-11-18(25)15-6-7-17(24)16(10-15)21(26)22-2;/h5-10,13,18,23-25H,3-4,11-12H2,1-2H3,(H,22,26);1H. The van der Waals surface area contributed by atoms with Crippen LogP contribution in [0, 0.1) is 0 Å². The van der Waals surface area contributed by atoms with Crippen molar-refractivity contribution in [2.24, 2.45) is 0 Å². The first-order chi connectivity index (χ1) is 13.5. The van der Waals surface area contributed by atoms with Gasteiger partial charge in [0, 0.05) is 19.6 Å². The molecule has 0 radical (unpaired) electrons. The van der Waals surface area contributed by atoms with Gasteiger partial charge in [-0.05, 0) is 55.2 Å². The number of phenols is 1. The third-order valence-electron chi connectivity index (χ3n) is 4.84. The van der Waals surface area contributed by atoms with Gasteiger partial charge in [-0.1, -0.05) is 12.1 Å². The maximum atomic E-state index is 11.8. The number of fused-ring (bicyclic) bond motifs is 1. The molecular weight excluding hydrogens is 396 g/mol. The first kappa shape index (κ1) is 22.8. The second-order valence-corrected chi connectivity index (χ2v) is 6.91. The Balaban J connectivity index is 0.00000300. The number of aliphatic hydroxyl groups excluding tert-OH is 1. The Bertz CT molecular complexity index is 846. The molecule has 29 heavy (non-hydrogen) atoms. The molecule has 0 saturated heterocycles. The molecule has 2 aromatic rings. The number of hydrogen-bond acceptors (Lipinski definition) is 6. The van der Waals surface area contributed by atoms with Crippen molar-refractivity contribution >= 4 is 18.3 Å². The van der Waals surface area contributed by atoms with Crippen molar-refractivity contribution in [3.05, 3.63) is 53.1 Å². The summed E-state index contributed by atoms with van der Waals surface area (Å²) in [7, 11) is 1.49.